The summed E-state index contributed by atoms with van der Waals surface area (Å²) in [5, 5.41) is 22.6. The number of hydrogen-bond donors (Lipinski definition) is 2. The second-order valence-electron chi connectivity index (χ2n) is 3.90. The van der Waals surface area contributed by atoms with E-state index in [9.17, 15) is 0 Å². The summed E-state index contributed by atoms with van der Waals surface area (Å²) in [6.07, 6.45) is 1.54. The van der Waals surface area contributed by atoms with Crippen molar-refractivity contribution in [1.29, 1.82) is 5.26 Å². The molecule has 0 atom stereocenters. The van der Waals surface area contributed by atoms with Gasteiger partial charge in [-0.25, -0.2) is 0 Å². The van der Waals surface area contributed by atoms with E-state index < -0.39 is 0 Å². The molecule has 20 heavy (non-hydrogen) atoms. The molecule has 0 amide bonds. The Kier molecular flexibility index (Phi) is 4.81. The number of benzene rings is 1. The van der Waals surface area contributed by atoms with E-state index in [0.717, 1.165) is 5.69 Å². The highest BCUT2D eigenvalue weighted by atomic mass is 16.5. The van der Waals surface area contributed by atoms with Crippen molar-refractivity contribution in [1.82, 2.24) is 15.2 Å². The first-order valence-electron chi connectivity index (χ1n) is 6.01. The van der Waals surface area contributed by atoms with Crippen molar-refractivity contribution in [3.63, 3.8) is 0 Å². The van der Waals surface area contributed by atoms with Crippen molar-refractivity contribution < 1.29 is 4.74 Å². The van der Waals surface area contributed by atoms with Crippen LogP contribution in [0.5, 0.6) is 0 Å². The summed E-state index contributed by atoms with van der Waals surface area (Å²) in [7, 11) is 1.64. The summed E-state index contributed by atoms with van der Waals surface area (Å²) < 4.78 is 4.94. The van der Waals surface area contributed by atoms with Crippen molar-refractivity contribution in [3.05, 3.63) is 36.0 Å². The van der Waals surface area contributed by atoms with Crippen molar-refractivity contribution in [2.45, 2.75) is 0 Å². The van der Waals surface area contributed by atoms with Gasteiger partial charge in [-0.3, -0.25) is 0 Å². The Hall–Kier alpha value is -2.72. The van der Waals surface area contributed by atoms with E-state index in [0.29, 0.717) is 30.5 Å². The minimum atomic E-state index is 0.386. The van der Waals surface area contributed by atoms with Crippen LogP contribution in [0.3, 0.4) is 0 Å². The van der Waals surface area contributed by atoms with Crippen LogP contribution in [0.15, 0.2) is 30.5 Å². The van der Waals surface area contributed by atoms with Gasteiger partial charge in [0.1, 0.15) is 0 Å². The van der Waals surface area contributed by atoms with Gasteiger partial charge in [0.25, 0.3) is 0 Å². The van der Waals surface area contributed by atoms with E-state index in [2.05, 4.69) is 31.9 Å². The SMILES string of the molecule is COCCNc1cnnc(Nc2ccc(C#N)cc2)n1. The van der Waals surface area contributed by atoms with Crippen LogP contribution in [-0.4, -0.2) is 35.4 Å². The van der Waals surface area contributed by atoms with Gasteiger partial charge in [-0.2, -0.15) is 15.3 Å². The van der Waals surface area contributed by atoms with Gasteiger partial charge in [-0.15, -0.1) is 5.10 Å². The lowest BCUT2D eigenvalue weighted by Gasteiger charge is -2.07. The molecule has 0 saturated heterocycles. The second kappa shape index (κ2) is 7.01. The van der Waals surface area contributed by atoms with Crippen LogP contribution in [-0.2, 0) is 4.74 Å². The Labute approximate surface area is 116 Å². The van der Waals surface area contributed by atoms with E-state index in [1.165, 1.54) is 0 Å². The van der Waals surface area contributed by atoms with Crippen LogP contribution in [0.1, 0.15) is 5.56 Å². The highest BCUT2D eigenvalue weighted by Gasteiger charge is 2.01. The first kappa shape index (κ1) is 13.7. The van der Waals surface area contributed by atoms with Gasteiger partial charge < -0.3 is 15.4 Å². The van der Waals surface area contributed by atoms with Gasteiger partial charge in [0.15, 0.2) is 5.82 Å². The third-order valence-corrected chi connectivity index (χ3v) is 2.44. The Balaban J connectivity index is 2.01. The van der Waals surface area contributed by atoms with Crippen LogP contribution < -0.4 is 10.6 Å². The average molecular weight is 270 g/mol. The van der Waals surface area contributed by atoms with Gasteiger partial charge in [-0.1, -0.05) is 0 Å². The van der Waals surface area contributed by atoms with Crippen molar-refractivity contribution in [2.75, 3.05) is 30.9 Å². The lowest BCUT2D eigenvalue weighted by Crippen LogP contribution is -2.10. The Morgan fingerprint density at radius 3 is 2.80 bits per heavy atom. The molecule has 102 valence electrons. The topological polar surface area (TPSA) is 95.8 Å². The van der Waals surface area contributed by atoms with Crippen LogP contribution in [0, 0.1) is 11.3 Å². The maximum Gasteiger partial charge on any atom is 0.249 e. The Morgan fingerprint density at radius 2 is 2.10 bits per heavy atom. The molecule has 2 rings (SSSR count). The first-order chi connectivity index (χ1) is 9.81. The van der Waals surface area contributed by atoms with Gasteiger partial charge in [-0.05, 0) is 24.3 Å². The molecule has 0 aliphatic carbocycles. The fraction of sp³-hybridized carbons (Fsp3) is 0.231. The molecule has 0 unspecified atom stereocenters. The summed E-state index contributed by atoms with van der Waals surface area (Å²) >= 11 is 0. The molecule has 0 radical (unpaired) electrons. The highest BCUT2D eigenvalue weighted by molar-refractivity contribution is 5.55. The van der Waals surface area contributed by atoms with Crippen LogP contribution in [0.25, 0.3) is 0 Å². The number of anilines is 3. The molecule has 0 bridgehead atoms. The lowest BCUT2D eigenvalue weighted by molar-refractivity contribution is 0.210. The standard InChI is InChI=1S/C13H14N6O/c1-20-7-6-15-12-9-16-19-13(18-12)17-11-4-2-10(8-14)3-5-11/h2-5,9H,6-7H2,1H3,(H2,15,17,18,19). The van der Waals surface area contributed by atoms with Gasteiger partial charge in [0.2, 0.25) is 5.95 Å². The minimum Gasteiger partial charge on any atom is -0.383 e. The van der Waals surface area contributed by atoms with Crippen molar-refractivity contribution >= 4 is 17.5 Å². The first-order valence-corrected chi connectivity index (χ1v) is 6.01. The third kappa shape index (κ3) is 3.90. The van der Waals surface area contributed by atoms with Crippen molar-refractivity contribution in [3.8, 4) is 6.07 Å². The van der Waals surface area contributed by atoms with E-state index in [1.807, 2.05) is 0 Å². The zero-order valence-corrected chi connectivity index (χ0v) is 11.0. The normalized spacial score (nSPS) is 9.80. The van der Waals surface area contributed by atoms with Gasteiger partial charge in [0, 0.05) is 19.3 Å². The molecule has 1 aromatic heterocycles. The number of aromatic nitrogens is 3. The Bertz CT molecular complexity index is 593. The summed E-state index contributed by atoms with van der Waals surface area (Å²) in [5.41, 5.74) is 1.39. The number of hydrogen-bond acceptors (Lipinski definition) is 7. The highest BCUT2D eigenvalue weighted by Crippen LogP contribution is 2.14. The van der Waals surface area contributed by atoms with Crippen LogP contribution in [0.4, 0.5) is 17.5 Å². The monoisotopic (exact) mass is 270 g/mol. The molecule has 0 saturated carbocycles. The maximum atomic E-state index is 8.73. The number of rotatable bonds is 6. The van der Waals surface area contributed by atoms with Crippen LogP contribution in [0.2, 0.25) is 0 Å². The van der Waals surface area contributed by atoms with Gasteiger partial charge in [0.05, 0.1) is 24.4 Å². The number of ether oxygens (including phenoxy) is 1. The largest absolute Gasteiger partial charge is 0.383 e. The molecular weight excluding hydrogens is 256 g/mol. The molecular formula is C13H14N6O. The molecule has 7 heteroatoms. The summed E-state index contributed by atoms with van der Waals surface area (Å²) in [5.74, 6) is 1.00. The summed E-state index contributed by atoms with van der Waals surface area (Å²) in [6.45, 7) is 1.23. The predicted octanol–water partition coefficient (Wildman–Crippen LogP) is 1.55. The molecule has 0 aliphatic rings. The molecule has 1 heterocycles. The Morgan fingerprint density at radius 1 is 1.30 bits per heavy atom. The zero-order chi connectivity index (χ0) is 14.2. The lowest BCUT2D eigenvalue weighted by atomic mass is 10.2. The molecule has 1 aromatic carbocycles. The molecule has 2 N–H and O–H groups in total. The maximum absolute atomic E-state index is 8.73. The van der Waals surface area contributed by atoms with Crippen LogP contribution >= 0.6 is 0 Å². The molecule has 7 nitrogen and oxygen atoms in total. The zero-order valence-electron chi connectivity index (χ0n) is 11.0. The molecule has 2 aromatic rings. The fourth-order valence-corrected chi connectivity index (χ4v) is 1.48. The molecule has 0 aliphatic heterocycles. The number of nitriles is 1. The minimum absolute atomic E-state index is 0.386. The van der Waals surface area contributed by atoms with Crippen molar-refractivity contribution in [2.24, 2.45) is 0 Å². The van der Waals surface area contributed by atoms with E-state index in [4.69, 9.17) is 10.00 Å². The fourth-order valence-electron chi connectivity index (χ4n) is 1.48. The number of methoxy groups -OCH3 is 1. The summed E-state index contributed by atoms with van der Waals surface area (Å²) in [6, 6.07) is 9.07. The quantitative estimate of drug-likeness (QED) is 0.768. The number of nitrogens with zero attached hydrogens (tertiary/aromatic N) is 4. The summed E-state index contributed by atoms with van der Waals surface area (Å²) in [4.78, 5) is 4.27. The molecule has 0 fully saturated rings. The third-order valence-electron chi connectivity index (χ3n) is 2.44. The van der Waals surface area contributed by atoms with E-state index in [1.54, 1.807) is 37.6 Å². The van der Waals surface area contributed by atoms with E-state index in [-0.39, 0.29) is 0 Å². The predicted molar refractivity (Wildman–Crippen MR) is 74.6 cm³/mol. The average Bonchev–Trinajstić information content (AvgIpc) is 2.49. The van der Waals surface area contributed by atoms with E-state index >= 15 is 0 Å². The smallest absolute Gasteiger partial charge is 0.249 e. The number of nitrogens with one attached hydrogen (secondary N) is 2. The van der Waals surface area contributed by atoms with Gasteiger partial charge >= 0.3 is 0 Å². The molecule has 0 spiro atoms. The second-order valence-corrected chi connectivity index (χ2v) is 3.90.